The lowest BCUT2D eigenvalue weighted by Gasteiger charge is -2.18. The predicted octanol–water partition coefficient (Wildman–Crippen LogP) is 2.48. The number of rotatable bonds is 3. The summed E-state index contributed by atoms with van der Waals surface area (Å²) in [6.45, 7) is 1.91. The number of nitrogens with zero attached hydrogens (tertiary/aromatic N) is 2. The number of nitrogens with one attached hydrogen (secondary N) is 1. The van der Waals surface area contributed by atoms with Crippen LogP contribution in [0.1, 0.15) is 17.5 Å². The summed E-state index contributed by atoms with van der Waals surface area (Å²) in [6, 6.07) is 13.0. The second kappa shape index (κ2) is 6.03. The fraction of sp³-hybridized carbons (Fsp3) is 0.158. The Bertz CT molecular complexity index is 999. The zero-order valence-corrected chi connectivity index (χ0v) is 14.3. The number of carbonyl (C=O) groups is 2. The summed E-state index contributed by atoms with van der Waals surface area (Å²) in [4.78, 5) is 42.5. The third-order valence-electron chi connectivity index (χ3n) is 4.61. The van der Waals surface area contributed by atoms with Gasteiger partial charge in [-0.05, 0) is 25.1 Å². The number of nitro groups is 1. The maximum atomic E-state index is 13.0. The van der Waals surface area contributed by atoms with E-state index in [1.165, 1.54) is 18.2 Å². The van der Waals surface area contributed by atoms with Gasteiger partial charge in [-0.3, -0.25) is 30.0 Å². The number of non-ortho nitro benzene ring substituents is 1. The molecule has 27 heavy (non-hydrogen) atoms. The van der Waals surface area contributed by atoms with E-state index in [1.807, 2.05) is 19.1 Å². The smallest absolute Gasteiger partial charge is 0.273 e. The fourth-order valence-corrected chi connectivity index (χ4v) is 3.20. The van der Waals surface area contributed by atoms with Gasteiger partial charge >= 0.3 is 0 Å². The van der Waals surface area contributed by atoms with Crippen LogP contribution >= 0.6 is 0 Å². The first-order valence-corrected chi connectivity index (χ1v) is 8.25. The van der Waals surface area contributed by atoms with Crippen molar-refractivity contribution in [3.05, 3.63) is 75.8 Å². The van der Waals surface area contributed by atoms with Crippen molar-refractivity contribution in [3.8, 4) is 0 Å². The minimum atomic E-state index is -1.46. The van der Waals surface area contributed by atoms with Gasteiger partial charge in [0, 0.05) is 17.7 Å². The van der Waals surface area contributed by atoms with Gasteiger partial charge < -0.3 is 0 Å². The van der Waals surface area contributed by atoms with Gasteiger partial charge in [-0.2, -0.15) is 0 Å². The quantitative estimate of drug-likeness (QED) is 0.509. The molecule has 0 radical (unpaired) electrons. The van der Waals surface area contributed by atoms with Gasteiger partial charge in [0.05, 0.1) is 22.7 Å². The number of hydroxylamine groups is 1. The molecule has 4 rings (SSSR count). The lowest BCUT2D eigenvalue weighted by atomic mass is 9.99. The Balaban J connectivity index is 1.68. The molecule has 1 fully saturated rings. The number of aryl methyl sites for hydroxylation is 1. The Morgan fingerprint density at radius 3 is 2.63 bits per heavy atom. The summed E-state index contributed by atoms with van der Waals surface area (Å²) < 4.78 is 0. The van der Waals surface area contributed by atoms with E-state index < -0.39 is 16.4 Å². The van der Waals surface area contributed by atoms with Crippen molar-refractivity contribution in [1.82, 2.24) is 5.48 Å². The van der Waals surface area contributed by atoms with Crippen molar-refractivity contribution < 1.29 is 19.3 Å². The molecule has 1 spiro atoms. The SMILES string of the molecule is Cc1ccc(N2C(=O)C[C@@]3(C=C(c4cccc([N+](=O)[O-])c4)NO3)C2=O)cc1. The molecule has 0 bridgehead atoms. The van der Waals surface area contributed by atoms with Crippen LogP contribution in [-0.4, -0.2) is 22.3 Å². The maximum Gasteiger partial charge on any atom is 0.273 e. The molecule has 2 aromatic rings. The zero-order chi connectivity index (χ0) is 19.2. The fourth-order valence-electron chi connectivity index (χ4n) is 3.20. The Morgan fingerprint density at radius 1 is 1.19 bits per heavy atom. The maximum absolute atomic E-state index is 13.0. The van der Waals surface area contributed by atoms with Crippen LogP contribution in [0, 0.1) is 17.0 Å². The molecule has 0 aliphatic carbocycles. The first kappa shape index (κ1) is 16.9. The van der Waals surface area contributed by atoms with Crippen molar-refractivity contribution >= 4 is 28.9 Å². The highest BCUT2D eigenvalue weighted by Crippen LogP contribution is 2.38. The molecule has 2 heterocycles. The van der Waals surface area contributed by atoms with Crippen molar-refractivity contribution in [3.63, 3.8) is 0 Å². The van der Waals surface area contributed by atoms with E-state index >= 15 is 0 Å². The van der Waals surface area contributed by atoms with Gasteiger partial charge in [-0.15, -0.1) is 0 Å². The van der Waals surface area contributed by atoms with Crippen molar-refractivity contribution in [2.75, 3.05) is 4.90 Å². The number of imide groups is 1. The zero-order valence-electron chi connectivity index (χ0n) is 14.3. The van der Waals surface area contributed by atoms with Gasteiger partial charge in [0.25, 0.3) is 11.6 Å². The average molecular weight is 365 g/mol. The number of hydrogen-bond acceptors (Lipinski definition) is 6. The van der Waals surface area contributed by atoms with Crippen LogP contribution < -0.4 is 10.4 Å². The highest BCUT2D eigenvalue weighted by atomic mass is 16.7. The molecule has 1 N–H and O–H groups in total. The first-order chi connectivity index (χ1) is 12.9. The number of hydrogen-bond donors (Lipinski definition) is 1. The molecule has 2 aliphatic heterocycles. The number of anilines is 1. The molecule has 0 unspecified atom stereocenters. The van der Waals surface area contributed by atoms with Gasteiger partial charge in [-0.25, -0.2) is 4.90 Å². The normalized spacial score (nSPS) is 21.5. The molecule has 0 aromatic heterocycles. The van der Waals surface area contributed by atoms with Crippen LogP contribution in [0.5, 0.6) is 0 Å². The van der Waals surface area contributed by atoms with E-state index in [1.54, 1.807) is 24.3 Å². The average Bonchev–Trinajstić information content (AvgIpc) is 3.18. The molecule has 2 amide bonds. The monoisotopic (exact) mass is 365 g/mol. The third-order valence-corrected chi connectivity index (χ3v) is 4.61. The lowest BCUT2D eigenvalue weighted by Crippen LogP contribution is -2.40. The van der Waals surface area contributed by atoms with Gasteiger partial charge in [0.2, 0.25) is 11.5 Å². The van der Waals surface area contributed by atoms with Gasteiger partial charge in [0.15, 0.2) is 0 Å². The van der Waals surface area contributed by atoms with E-state index in [0.717, 1.165) is 10.5 Å². The molecular weight excluding hydrogens is 350 g/mol. The highest BCUT2D eigenvalue weighted by Gasteiger charge is 2.55. The molecular formula is C19H15N3O5. The second-order valence-electron chi connectivity index (χ2n) is 6.51. The number of benzene rings is 2. The molecule has 0 saturated carbocycles. The standard InChI is InChI=1S/C19H15N3O5/c1-12-5-7-14(8-6-12)21-17(23)11-19(18(21)24)10-16(20-27-19)13-3-2-4-15(9-13)22(25)26/h2-10,20H,11H2,1H3/t19-/m0/s1. The van der Waals surface area contributed by atoms with Crippen molar-refractivity contribution in [2.45, 2.75) is 18.9 Å². The van der Waals surface area contributed by atoms with Gasteiger partial charge in [0.1, 0.15) is 0 Å². The Morgan fingerprint density at radius 2 is 1.93 bits per heavy atom. The van der Waals surface area contributed by atoms with E-state index in [0.29, 0.717) is 16.9 Å². The van der Waals surface area contributed by atoms with E-state index in [9.17, 15) is 19.7 Å². The summed E-state index contributed by atoms with van der Waals surface area (Å²) >= 11 is 0. The van der Waals surface area contributed by atoms with E-state index in [-0.39, 0.29) is 18.0 Å². The van der Waals surface area contributed by atoms with Crippen molar-refractivity contribution in [1.29, 1.82) is 0 Å². The Kier molecular flexibility index (Phi) is 3.78. The van der Waals surface area contributed by atoms with Crippen LogP contribution in [0.4, 0.5) is 11.4 Å². The van der Waals surface area contributed by atoms with Crippen LogP contribution in [0.3, 0.4) is 0 Å². The minimum Gasteiger partial charge on any atom is -0.274 e. The Hall–Kier alpha value is -3.52. The molecule has 8 nitrogen and oxygen atoms in total. The van der Waals surface area contributed by atoms with Crippen molar-refractivity contribution in [2.24, 2.45) is 0 Å². The van der Waals surface area contributed by atoms with Gasteiger partial charge in [-0.1, -0.05) is 29.8 Å². The molecule has 1 saturated heterocycles. The number of amides is 2. The topological polar surface area (TPSA) is 102 Å². The third kappa shape index (κ3) is 2.76. The van der Waals surface area contributed by atoms with E-state index in [2.05, 4.69) is 5.48 Å². The lowest BCUT2D eigenvalue weighted by molar-refractivity contribution is -0.384. The predicted molar refractivity (Wildman–Crippen MR) is 96.3 cm³/mol. The van der Waals surface area contributed by atoms with Crippen LogP contribution in [0.15, 0.2) is 54.6 Å². The second-order valence-corrected chi connectivity index (χ2v) is 6.51. The van der Waals surface area contributed by atoms with Crippen LogP contribution in [0.25, 0.3) is 5.70 Å². The first-order valence-electron chi connectivity index (χ1n) is 8.25. The number of nitro benzene ring substituents is 1. The largest absolute Gasteiger partial charge is 0.274 e. The molecule has 1 atom stereocenters. The highest BCUT2D eigenvalue weighted by molar-refractivity contribution is 6.25. The number of carbonyl (C=O) groups excluding carboxylic acids is 2. The summed E-state index contributed by atoms with van der Waals surface area (Å²) in [5.74, 6) is -0.869. The molecule has 8 heteroatoms. The summed E-state index contributed by atoms with van der Waals surface area (Å²) in [7, 11) is 0. The Labute approximate surface area is 154 Å². The van der Waals surface area contributed by atoms with Crippen LogP contribution in [0.2, 0.25) is 0 Å². The van der Waals surface area contributed by atoms with E-state index in [4.69, 9.17) is 4.84 Å². The molecule has 2 aliphatic rings. The summed E-state index contributed by atoms with van der Waals surface area (Å²) in [5, 5.41) is 11.0. The molecule has 2 aromatic carbocycles. The summed E-state index contributed by atoms with van der Waals surface area (Å²) in [5.41, 5.74) is 3.51. The van der Waals surface area contributed by atoms with Crippen LogP contribution in [-0.2, 0) is 14.4 Å². The summed E-state index contributed by atoms with van der Waals surface area (Å²) in [6.07, 6.45) is 1.37. The molecule has 136 valence electrons. The minimum absolute atomic E-state index is 0.0775.